The minimum Gasteiger partial charge on any atom is -0.507 e. The van der Waals surface area contributed by atoms with Gasteiger partial charge in [-0.15, -0.1) is 0 Å². The van der Waals surface area contributed by atoms with Crippen molar-refractivity contribution in [2.24, 2.45) is 0 Å². The number of ketones is 1. The Balaban J connectivity index is 2.18. The number of likely N-dealkylation sites (tertiary alicyclic amines) is 1. The molecule has 170 valence electrons. The van der Waals surface area contributed by atoms with E-state index in [1.807, 2.05) is 51.1 Å². The third kappa shape index (κ3) is 4.43. The summed E-state index contributed by atoms with van der Waals surface area (Å²) in [6, 6.07) is 12.5. The topological polar surface area (TPSA) is 66.8 Å². The van der Waals surface area contributed by atoms with Crippen LogP contribution in [-0.4, -0.2) is 35.4 Å². The standard InChI is InChI=1S/C27H33NO4/c1-6-7-10-15-28-24(20-12-9-8-11-18(20)4)23(26(30)27(28)31)25(29)19-13-14-22(32-5)21(16-19)17(2)3/h8-9,11-14,16-17,24,29H,6-7,10,15H2,1-5H3/b25-23+. The summed E-state index contributed by atoms with van der Waals surface area (Å²) in [6.07, 6.45) is 2.80. The fourth-order valence-corrected chi connectivity index (χ4v) is 4.35. The number of carbonyl (C=O) groups is 2. The highest BCUT2D eigenvalue weighted by atomic mass is 16.5. The fourth-order valence-electron chi connectivity index (χ4n) is 4.35. The van der Waals surface area contributed by atoms with Crippen molar-refractivity contribution in [2.45, 2.75) is 58.9 Å². The Kier molecular flexibility index (Phi) is 7.39. The van der Waals surface area contributed by atoms with Gasteiger partial charge in [0, 0.05) is 12.1 Å². The number of aliphatic hydroxyl groups excluding tert-OH is 1. The van der Waals surface area contributed by atoms with Crippen LogP contribution >= 0.6 is 0 Å². The zero-order valence-corrected chi connectivity index (χ0v) is 19.6. The fraction of sp³-hybridized carbons (Fsp3) is 0.407. The Labute approximate surface area is 190 Å². The first-order chi connectivity index (χ1) is 15.3. The average molecular weight is 436 g/mol. The Hall–Kier alpha value is -3.08. The first-order valence-corrected chi connectivity index (χ1v) is 11.3. The molecule has 1 aliphatic rings. The molecule has 5 heteroatoms. The lowest BCUT2D eigenvalue weighted by atomic mass is 9.91. The van der Waals surface area contributed by atoms with Gasteiger partial charge in [0.15, 0.2) is 0 Å². The van der Waals surface area contributed by atoms with E-state index in [4.69, 9.17) is 4.74 Å². The number of aliphatic hydroxyl groups is 1. The normalized spacial score (nSPS) is 17.9. The van der Waals surface area contributed by atoms with Gasteiger partial charge in [0.25, 0.3) is 11.7 Å². The molecule has 0 saturated carbocycles. The van der Waals surface area contributed by atoms with Gasteiger partial charge in [-0.2, -0.15) is 0 Å². The van der Waals surface area contributed by atoms with Crippen LogP contribution < -0.4 is 4.74 Å². The number of aryl methyl sites for hydroxylation is 1. The van der Waals surface area contributed by atoms with Gasteiger partial charge in [-0.3, -0.25) is 9.59 Å². The number of amides is 1. The highest BCUT2D eigenvalue weighted by Crippen LogP contribution is 2.41. The number of unbranched alkanes of at least 4 members (excludes halogenated alkanes) is 2. The maximum atomic E-state index is 13.2. The van der Waals surface area contributed by atoms with E-state index in [0.29, 0.717) is 12.1 Å². The molecule has 1 saturated heterocycles. The van der Waals surface area contributed by atoms with Crippen molar-refractivity contribution in [3.05, 3.63) is 70.3 Å². The Morgan fingerprint density at radius 3 is 2.47 bits per heavy atom. The van der Waals surface area contributed by atoms with Crippen molar-refractivity contribution in [3.63, 3.8) is 0 Å². The smallest absolute Gasteiger partial charge is 0.295 e. The summed E-state index contributed by atoms with van der Waals surface area (Å²) in [5.74, 6) is -0.421. The van der Waals surface area contributed by atoms with E-state index in [9.17, 15) is 14.7 Å². The highest BCUT2D eigenvalue weighted by Gasteiger charge is 2.46. The molecule has 2 aromatic rings. The summed E-state index contributed by atoms with van der Waals surface area (Å²) in [4.78, 5) is 27.8. The van der Waals surface area contributed by atoms with Crippen molar-refractivity contribution in [1.29, 1.82) is 0 Å². The summed E-state index contributed by atoms with van der Waals surface area (Å²) in [6.45, 7) is 8.63. The lowest BCUT2D eigenvalue weighted by Gasteiger charge is -2.26. The summed E-state index contributed by atoms with van der Waals surface area (Å²) < 4.78 is 5.46. The Morgan fingerprint density at radius 2 is 1.84 bits per heavy atom. The van der Waals surface area contributed by atoms with Crippen molar-refractivity contribution in [1.82, 2.24) is 4.90 Å². The summed E-state index contributed by atoms with van der Waals surface area (Å²) in [5.41, 5.74) is 3.44. The molecule has 1 aliphatic heterocycles. The summed E-state index contributed by atoms with van der Waals surface area (Å²) in [5, 5.41) is 11.3. The van der Waals surface area contributed by atoms with Crippen molar-refractivity contribution >= 4 is 17.4 Å². The van der Waals surface area contributed by atoms with Crippen LogP contribution in [0.15, 0.2) is 48.0 Å². The highest BCUT2D eigenvalue weighted by molar-refractivity contribution is 6.46. The quantitative estimate of drug-likeness (QED) is 0.249. The summed E-state index contributed by atoms with van der Waals surface area (Å²) in [7, 11) is 1.61. The van der Waals surface area contributed by atoms with Crippen molar-refractivity contribution in [2.75, 3.05) is 13.7 Å². The number of ether oxygens (including phenoxy) is 1. The number of hydrogen-bond donors (Lipinski definition) is 1. The van der Waals surface area contributed by atoms with E-state index >= 15 is 0 Å². The van der Waals surface area contributed by atoms with Gasteiger partial charge in [-0.1, -0.05) is 57.9 Å². The number of hydrogen-bond acceptors (Lipinski definition) is 4. The van der Waals surface area contributed by atoms with Crippen molar-refractivity contribution in [3.8, 4) is 5.75 Å². The molecule has 2 aromatic carbocycles. The van der Waals surface area contributed by atoms with Crippen LogP contribution in [0, 0.1) is 6.92 Å². The molecule has 32 heavy (non-hydrogen) atoms. The molecule has 1 N–H and O–H groups in total. The van der Waals surface area contributed by atoms with E-state index in [1.54, 1.807) is 24.1 Å². The Bertz CT molecular complexity index is 1040. The van der Waals surface area contributed by atoms with Gasteiger partial charge in [0.1, 0.15) is 11.5 Å². The second-order valence-electron chi connectivity index (χ2n) is 8.67. The molecule has 1 heterocycles. The number of methoxy groups -OCH3 is 1. The van der Waals surface area contributed by atoms with Gasteiger partial charge >= 0.3 is 0 Å². The number of carbonyl (C=O) groups excluding carboxylic acids is 2. The van der Waals surface area contributed by atoms with Gasteiger partial charge in [-0.25, -0.2) is 0 Å². The third-order valence-corrected chi connectivity index (χ3v) is 6.15. The molecule has 1 amide bonds. The van der Waals surface area contributed by atoms with Crippen LogP contribution in [0.25, 0.3) is 5.76 Å². The van der Waals surface area contributed by atoms with Gasteiger partial charge in [0.2, 0.25) is 0 Å². The second kappa shape index (κ2) is 10.0. The van der Waals surface area contributed by atoms with E-state index < -0.39 is 17.7 Å². The monoisotopic (exact) mass is 435 g/mol. The second-order valence-corrected chi connectivity index (χ2v) is 8.67. The van der Waals surface area contributed by atoms with Crippen LogP contribution in [-0.2, 0) is 9.59 Å². The molecule has 1 unspecified atom stereocenters. The summed E-state index contributed by atoms with van der Waals surface area (Å²) >= 11 is 0. The van der Waals surface area contributed by atoms with Crippen molar-refractivity contribution < 1.29 is 19.4 Å². The number of Topliss-reactive ketones (excluding diaryl/α,β-unsaturated/α-hetero) is 1. The Morgan fingerprint density at radius 1 is 1.12 bits per heavy atom. The molecular formula is C27H33NO4. The van der Waals surface area contributed by atoms with E-state index in [0.717, 1.165) is 41.7 Å². The van der Waals surface area contributed by atoms with Gasteiger partial charge in [-0.05, 0) is 54.2 Å². The predicted molar refractivity (Wildman–Crippen MR) is 127 cm³/mol. The zero-order chi connectivity index (χ0) is 23.4. The lowest BCUT2D eigenvalue weighted by Crippen LogP contribution is -2.31. The largest absolute Gasteiger partial charge is 0.507 e. The SMILES string of the molecule is CCCCCN1C(=O)C(=O)/C(=C(/O)c2ccc(OC)c(C(C)C)c2)C1c1ccccc1C. The maximum Gasteiger partial charge on any atom is 0.295 e. The molecule has 5 nitrogen and oxygen atoms in total. The molecular weight excluding hydrogens is 402 g/mol. The van der Waals surface area contributed by atoms with Crippen LogP contribution in [0.3, 0.4) is 0 Å². The molecule has 0 bridgehead atoms. The lowest BCUT2D eigenvalue weighted by molar-refractivity contribution is -0.139. The predicted octanol–water partition coefficient (Wildman–Crippen LogP) is 5.74. The maximum absolute atomic E-state index is 13.2. The van der Waals surface area contributed by atoms with E-state index in [-0.39, 0.29) is 17.3 Å². The number of benzene rings is 2. The van der Waals surface area contributed by atoms with E-state index in [2.05, 4.69) is 6.92 Å². The molecule has 0 aliphatic carbocycles. The van der Waals surface area contributed by atoms with E-state index in [1.165, 1.54) is 0 Å². The molecule has 3 rings (SSSR count). The minimum atomic E-state index is -0.630. The zero-order valence-electron chi connectivity index (χ0n) is 19.6. The molecule has 0 radical (unpaired) electrons. The van der Waals surface area contributed by atoms with Crippen LogP contribution in [0.5, 0.6) is 5.75 Å². The van der Waals surface area contributed by atoms with Crippen LogP contribution in [0.4, 0.5) is 0 Å². The minimum absolute atomic E-state index is 0.140. The molecule has 0 aromatic heterocycles. The first-order valence-electron chi connectivity index (χ1n) is 11.3. The number of nitrogens with zero attached hydrogens (tertiary/aromatic N) is 1. The molecule has 1 fully saturated rings. The van der Waals surface area contributed by atoms with Gasteiger partial charge in [0.05, 0.1) is 18.7 Å². The van der Waals surface area contributed by atoms with Gasteiger partial charge < -0.3 is 14.7 Å². The average Bonchev–Trinajstić information content (AvgIpc) is 3.03. The van der Waals surface area contributed by atoms with Crippen LogP contribution in [0.2, 0.25) is 0 Å². The first kappa shape index (κ1) is 23.6. The molecule has 1 atom stereocenters. The molecule has 0 spiro atoms. The number of rotatable bonds is 8. The van der Waals surface area contributed by atoms with Crippen LogP contribution in [0.1, 0.15) is 74.2 Å². The third-order valence-electron chi connectivity index (χ3n) is 6.15.